The summed E-state index contributed by atoms with van der Waals surface area (Å²) < 4.78 is 16.8. The van der Waals surface area contributed by atoms with E-state index < -0.39 is 0 Å². The zero-order chi connectivity index (χ0) is 14.4. The Morgan fingerprint density at radius 1 is 1.30 bits per heavy atom. The maximum Gasteiger partial charge on any atom is 0.162 e. The Kier molecular flexibility index (Phi) is 5.58. The first-order valence-electron chi connectivity index (χ1n) is 6.22. The van der Waals surface area contributed by atoms with Crippen LogP contribution in [0.25, 0.3) is 0 Å². The molecule has 6 heteroatoms. The molecular weight excluding hydrogens is 324 g/mol. The summed E-state index contributed by atoms with van der Waals surface area (Å²) in [5.74, 6) is 1.49. The summed E-state index contributed by atoms with van der Waals surface area (Å²) >= 11 is 3.51. The average Bonchev–Trinajstić information content (AvgIpc) is 2.88. The van der Waals surface area contributed by atoms with Gasteiger partial charge in [-0.15, -0.1) is 0 Å². The van der Waals surface area contributed by atoms with E-state index in [1.807, 2.05) is 31.3 Å². The normalized spacial score (nSPS) is 10.8. The topological polar surface area (TPSA) is 56.5 Å². The average molecular weight is 341 g/mol. The predicted octanol–water partition coefficient (Wildman–Crippen LogP) is 2.88. The number of aromatic nitrogens is 1. The Morgan fingerprint density at radius 2 is 2.15 bits per heavy atom. The van der Waals surface area contributed by atoms with E-state index >= 15 is 0 Å². The number of benzene rings is 1. The van der Waals surface area contributed by atoms with Gasteiger partial charge in [0.25, 0.3) is 0 Å². The van der Waals surface area contributed by atoms with Crippen molar-refractivity contribution >= 4 is 15.9 Å². The van der Waals surface area contributed by atoms with Gasteiger partial charge in [-0.3, -0.25) is 0 Å². The molecule has 0 radical (unpaired) electrons. The molecule has 0 amide bonds. The smallest absolute Gasteiger partial charge is 0.162 e. The molecule has 1 aromatic heterocycles. The molecule has 1 aromatic carbocycles. The third-order valence-electron chi connectivity index (χ3n) is 2.67. The van der Waals surface area contributed by atoms with Gasteiger partial charge in [-0.25, -0.2) is 0 Å². The Bertz CT molecular complexity index is 557. The third kappa shape index (κ3) is 4.06. The third-order valence-corrected chi connectivity index (χ3v) is 3.44. The summed E-state index contributed by atoms with van der Waals surface area (Å²) in [4.78, 5) is 0. The van der Waals surface area contributed by atoms with E-state index in [0.29, 0.717) is 19.0 Å². The molecule has 1 heterocycles. The quantitative estimate of drug-likeness (QED) is 0.839. The van der Waals surface area contributed by atoms with Crippen LogP contribution in [-0.2, 0) is 24.5 Å². The van der Waals surface area contributed by atoms with Crippen LogP contribution in [0.15, 0.2) is 33.3 Å². The lowest BCUT2D eigenvalue weighted by Crippen LogP contribution is -2.06. The van der Waals surface area contributed by atoms with E-state index in [1.54, 1.807) is 7.11 Å². The monoisotopic (exact) mass is 340 g/mol. The molecule has 0 fully saturated rings. The highest BCUT2D eigenvalue weighted by Gasteiger charge is 2.06. The molecule has 5 nitrogen and oxygen atoms in total. The lowest BCUT2D eigenvalue weighted by atomic mass is 10.2. The molecule has 0 aliphatic carbocycles. The van der Waals surface area contributed by atoms with Crippen molar-refractivity contribution in [3.8, 4) is 5.75 Å². The highest BCUT2D eigenvalue weighted by atomic mass is 79.9. The number of nitrogens with zero attached hydrogens (tertiary/aromatic N) is 1. The molecule has 2 rings (SSSR count). The molecule has 1 N–H and O–H groups in total. The molecule has 20 heavy (non-hydrogen) atoms. The van der Waals surface area contributed by atoms with E-state index in [2.05, 4.69) is 26.4 Å². The van der Waals surface area contributed by atoms with Crippen molar-refractivity contribution < 1.29 is 14.0 Å². The van der Waals surface area contributed by atoms with Gasteiger partial charge < -0.3 is 19.3 Å². The van der Waals surface area contributed by atoms with Crippen LogP contribution in [0.3, 0.4) is 0 Å². The maximum absolute atomic E-state index is 5.71. The Morgan fingerprint density at radius 3 is 2.90 bits per heavy atom. The minimum atomic E-state index is 0.369. The first kappa shape index (κ1) is 15.0. The highest BCUT2D eigenvalue weighted by molar-refractivity contribution is 9.10. The van der Waals surface area contributed by atoms with Crippen LogP contribution in [0.1, 0.15) is 17.0 Å². The van der Waals surface area contributed by atoms with Crippen molar-refractivity contribution in [3.05, 3.63) is 45.8 Å². The Labute approximate surface area is 126 Å². The van der Waals surface area contributed by atoms with Gasteiger partial charge in [0.1, 0.15) is 24.7 Å². The van der Waals surface area contributed by atoms with Crippen LogP contribution in [0.2, 0.25) is 0 Å². The van der Waals surface area contributed by atoms with Crippen LogP contribution >= 0.6 is 15.9 Å². The van der Waals surface area contributed by atoms with Crippen molar-refractivity contribution in [1.82, 2.24) is 10.5 Å². The summed E-state index contributed by atoms with van der Waals surface area (Å²) in [6.07, 6.45) is 0. The fraction of sp³-hybridized carbons (Fsp3) is 0.357. The largest absolute Gasteiger partial charge is 0.487 e. The SMILES string of the molecule is CNCc1cc(OCc2cc(COC)on2)ccc1Br. The number of hydrogen-bond acceptors (Lipinski definition) is 5. The van der Waals surface area contributed by atoms with Crippen molar-refractivity contribution in [2.45, 2.75) is 19.8 Å². The van der Waals surface area contributed by atoms with Crippen molar-refractivity contribution in [1.29, 1.82) is 0 Å². The second-order valence-corrected chi connectivity index (χ2v) is 5.14. The van der Waals surface area contributed by atoms with E-state index in [1.165, 1.54) is 0 Å². The summed E-state index contributed by atoms with van der Waals surface area (Å²) in [6, 6.07) is 7.72. The van der Waals surface area contributed by atoms with Gasteiger partial charge in [0.15, 0.2) is 5.76 Å². The zero-order valence-corrected chi connectivity index (χ0v) is 13.1. The van der Waals surface area contributed by atoms with Crippen molar-refractivity contribution in [2.75, 3.05) is 14.2 Å². The standard InChI is InChI=1S/C14H17BrN2O3/c1-16-7-10-5-12(3-4-14(10)15)19-8-11-6-13(9-18-2)20-17-11/h3-6,16H,7-9H2,1-2H3. The van der Waals surface area contributed by atoms with Gasteiger partial charge in [-0.1, -0.05) is 21.1 Å². The molecule has 0 aliphatic rings. The maximum atomic E-state index is 5.71. The number of ether oxygens (including phenoxy) is 2. The van der Waals surface area contributed by atoms with Gasteiger partial charge in [0.05, 0.1) is 0 Å². The number of hydrogen-bond donors (Lipinski definition) is 1. The molecule has 108 valence electrons. The van der Waals surface area contributed by atoms with Gasteiger partial charge >= 0.3 is 0 Å². The molecule has 0 atom stereocenters. The highest BCUT2D eigenvalue weighted by Crippen LogP contribution is 2.23. The minimum Gasteiger partial charge on any atom is -0.487 e. The lowest BCUT2D eigenvalue weighted by molar-refractivity contribution is 0.155. The minimum absolute atomic E-state index is 0.369. The fourth-order valence-corrected chi connectivity index (χ4v) is 2.14. The molecular formula is C14H17BrN2O3. The molecule has 0 unspecified atom stereocenters. The van der Waals surface area contributed by atoms with E-state index in [0.717, 1.165) is 28.0 Å². The number of rotatable bonds is 7. The Hall–Kier alpha value is -1.37. The summed E-state index contributed by atoms with van der Waals surface area (Å²) in [7, 11) is 3.52. The van der Waals surface area contributed by atoms with Gasteiger partial charge in [-0.05, 0) is 30.8 Å². The molecule has 0 saturated carbocycles. The number of nitrogens with one attached hydrogen (secondary N) is 1. The van der Waals surface area contributed by atoms with Crippen LogP contribution < -0.4 is 10.1 Å². The summed E-state index contributed by atoms with van der Waals surface area (Å²) in [5.41, 5.74) is 1.89. The molecule has 0 saturated heterocycles. The van der Waals surface area contributed by atoms with E-state index in [9.17, 15) is 0 Å². The summed E-state index contributed by atoms with van der Waals surface area (Å²) in [5, 5.41) is 7.04. The van der Waals surface area contributed by atoms with Crippen molar-refractivity contribution in [2.24, 2.45) is 0 Å². The predicted molar refractivity (Wildman–Crippen MR) is 78.5 cm³/mol. The molecule has 0 spiro atoms. The second-order valence-electron chi connectivity index (χ2n) is 4.29. The van der Waals surface area contributed by atoms with Gasteiger partial charge in [-0.2, -0.15) is 0 Å². The van der Waals surface area contributed by atoms with Crippen LogP contribution in [0.4, 0.5) is 0 Å². The number of methoxy groups -OCH3 is 1. The number of halogens is 1. The second kappa shape index (κ2) is 7.42. The molecule has 0 aliphatic heterocycles. The van der Waals surface area contributed by atoms with Gasteiger partial charge in [0, 0.05) is 24.2 Å². The summed E-state index contributed by atoms with van der Waals surface area (Å²) in [6.45, 7) is 1.56. The van der Waals surface area contributed by atoms with E-state index in [4.69, 9.17) is 14.0 Å². The first-order chi connectivity index (χ1) is 9.72. The lowest BCUT2D eigenvalue weighted by Gasteiger charge is -2.08. The van der Waals surface area contributed by atoms with E-state index in [-0.39, 0.29) is 0 Å². The van der Waals surface area contributed by atoms with Crippen LogP contribution in [0, 0.1) is 0 Å². The van der Waals surface area contributed by atoms with Crippen LogP contribution in [-0.4, -0.2) is 19.3 Å². The van der Waals surface area contributed by atoms with Crippen LogP contribution in [0.5, 0.6) is 5.75 Å². The first-order valence-corrected chi connectivity index (χ1v) is 7.01. The fourth-order valence-electron chi connectivity index (χ4n) is 1.76. The zero-order valence-electron chi connectivity index (χ0n) is 11.5. The van der Waals surface area contributed by atoms with Gasteiger partial charge in [0.2, 0.25) is 0 Å². The molecule has 0 bridgehead atoms. The Balaban J connectivity index is 1.97. The molecule has 2 aromatic rings. The van der Waals surface area contributed by atoms with Crippen molar-refractivity contribution in [3.63, 3.8) is 0 Å².